The highest BCUT2D eigenvalue weighted by Gasteiger charge is 2.09. The lowest BCUT2D eigenvalue weighted by molar-refractivity contribution is -0.139. The van der Waals surface area contributed by atoms with E-state index in [4.69, 9.17) is 9.84 Å². The number of carboxylic acids is 1. The third-order valence-electron chi connectivity index (χ3n) is 3.23. The minimum Gasteiger partial charge on any atom is -0.489 e. The Kier molecular flexibility index (Phi) is 5.49. The monoisotopic (exact) mass is 303 g/mol. The summed E-state index contributed by atoms with van der Waals surface area (Å²) in [6.07, 6.45) is 0. The zero-order valence-corrected chi connectivity index (χ0v) is 12.3. The largest absolute Gasteiger partial charge is 0.489 e. The number of ether oxygens (including phenoxy) is 1. The van der Waals surface area contributed by atoms with Crippen LogP contribution >= 0.6 is 0 Å². The van der Waals surface area contributed by atoms with Crippen molar-refractivity contribution in [3.8, 4) is 5.75 Å². The van der Waals surface area contributed by atoms with E-state index in [2.05, 4.69) is 5.32 Å². The molecule has 0 amide bonds. The van der Waals surface area contributed by atoms with Crippen LogP contribution in [0.4, 0.5) is 4.39 Å². The molecule has 5 heteroatoms. The molecule has 0 saturated heterocycles. The van der Waals surface area contributed by atoms with Gasteiger partial charge in [0.25, 0.3) is 0 Å². The van der Waals surface area contributed by atoms with E-state index in [1.54, 1.807) is 31.2 Å². The summed E-state index contributed by atoms with van der Waals surface area (Å²) in [6, 6.07) is 13.1. The Morgan fingerprint density at radius 1 is 1.27 bits per heavy atom. The maximum absolute atomic E-state index is 13.5. The number of benzene rings is 2. The molecule has 2 N–H and O–H groups in total. The van der Waals surface area contributed by atoms with Gasteiger partial charge < -0.3 is 15.2 Å². The first-order valence-corrected chi connectivity index (χ1v) is 6.97. The van der Waals surface area contributed by atoms with E-state index in [0.717, 1.165) is 5.56 Å². The topological polar surface area (TPSA) is 58.6 Å². The van der Waals surface area contributed by atoms with Crippen LogP contribution in [0, 0.1) is 5.82 Å². The number of nitrogens with one attached hydrogen (secondary N) is 1. The van der Waals surface area contributed by atoms with Gasteiger partial charge in [0.05, 0.1) is 0 Å². The lowest BCUT2D eigenvalue weighted by Crippen LogP contribution is -2.33. The Balaban J connectivity index is 1.94. The second kappa shape index (κ2) is 7.56. The molecule has 4 nitrogen and oxygen atoms in total. The fourth-order valence-corrected chi connectivity index (χ4v) is 1.88. The van der Waals surface area contributed by atoms with E-state index >= 15 is 0 Å². The average Bonchev–Trinajstić information content (AvgIpc) is 2.52. The zero-order chi connectivity index (χ0) is 15.9. The smallest absolute Gasteiger partial charge is 0.320 e. The summed E-state index contributed by atoms with van der Waals surface area (Å²) in [5.41, 5.74) is 1.39. The second-order valence-electron chi connectivity index (χ2n) is 4.97. The maximum Gasteiger partial charge on any atom is 0.320 e. The van der Waals surface area contributed by atoms with Crippen molar-refractivity contribution < 1.29 is 19.0 Å². The van der Waals surface area contributed by atoms with E-state index in [9.17, 15) is 9.18 Å². The molecule has 0 aliphatic rings. The molecule has 0 aliphatic carbocycles. The van der Waals surface area contributed by atoms with E-state index in [1.807, 2.05) is 18.2 Å². The first-order chi connectivity index (χ1) is 10.6. The molecule has 0 heterocycles. The van der Waals surface area contributed by atoms with Gasteiger partial charge in [-0.1, -0.05) is 30.3 Å². The molecule has 0 spiro atoms. The van der Waals surface area contributed by atoms with Crippen molar-refractivity contribution in [2.75, 3.05) is 0 Å². The van der Waals surface area contributed by atoms with E-state index in [-0.39, 0.29) is 12.4 Å². The van der Waals surface area contributed by atoms with Crippen molar-refractivity contribution in [1.82, 2.24) is 5.32 Å². The summed E-state index contributed by atoms with van der Waals surface area (Å²) >= 11 is 0. The van der Waals surface area contributed by atoms with Gasteiger partial charge in [0.2, 0.25) is 0 Å². The van der Waals surface area contributed by atoms with Crippen LogP contribution in [-0.4, -0.2) is 17.1 Å². The molecule has 1 unspecified atom stereocenters. The molecule has 0 saturated carbocycles. The Labute approximate surface area is 128 Å². The van der Waals surface area contributed by atoms with Gasteiger partial charge in [-0.05, 0) is 30.7 Å². The number of hydrogen-bond donors (Lipinski definition) is 2. The number of carboxylic acid groups (broad SMARTS) is 1. The highest BCUT2D eigenvalue weighted by molar-refractivity contribution is 5.72. The second-order valence-corrected chi connectivity index (χ2v) is 4.97. The maximum atomic E-state index is 13.5. The average molecular weight is 303 g/mol. The van der Waals surface area contributed by atoms with Crippen molar-refractivity contribution in [2.24, 2.45) is 0 Å². The van der Waals surface area contributed by atoms with E-state index in [0.29, 0.717) is 17.9 Å². The molecule has 0 bridgehead atoms. The normalized spacial score (nSPS) is 11.9. The Hall–Kier alpha value is -2.40. The molecule has 116 valence electrons. The number of halogens is 1. The van der Waals surface area contributed by atoms with Crippen molar-refractivity contribution in [1.29, 1.82) is 0 Å². The van der Waals surface area contributed by atoms with Gasteiger partial charge in [-0.25, -0.2) is 4.39 Å². The van der Waals surface area contributed by atoms with Crippen molar-refractivity contribution >= 4 is 5.97 Å². The fraction of sp³-hybridized carbons (Fsp3) is 0.235. The Morgan fingerprint density at radius 3 is 2.77 bits per heavy atom. The lowest BCUT2D eigenvalue weighted by atomic mass is 10.2. The molecule has 1 atom stereocenters. The molecule has 0 aliphatic heterocycles. The summed E-state index contributed by atoms with van der Waals surface area (Å²) in [5, 5.41) is 11.7. The van der Waals surface area contributed by atoms with E-state index in [1.165, 1.54) is 6.07 Å². The van der Waals surface area contributed by atoms with Crippen LogP contribution in [0.1, 0.15) is 18.1 Å². The molecule has 2 rings (SSSR count). The predicted octanol–water partition coefficient (Wildman–Crippen LogP) is 2.97. The van der Waals surface area contributed by atoms with Crippen LogP contribution < -0.4 is 10.1 Å². The van der Waals surface area contributed by atoms with Crippen LogP contribution in [0.3, 0.4) is 0 Å². The summed E-state index contributed by atoms with van der Waals surface area (Å²) in [6.45, 7) is 2.15. The Morgan fingerprint density at radius 2 is 2.05 bits per heavy atom. The predicted molar refractivity (Wildman–Crippen MR) is 81.1 cm³/mol. The van der Waals surface area contributed by atoms with Gasteiger partial charge in [0, 0.05) is 12.1 Å². The highest BCUT2D eigenvalue weighted by atomic mass is 19.1. The summed E-state index contributed by atoms with van der Waals surface area (Å²) in [4.78, 5) is 10.8. The minimum atomic E-state index is -0.896. The molecule has 22 heavy (non-hydrogen) atoms. The fourth-order valence-electron chi connectivity index (χ4n) is 1.88. The van der Waals surface area contributed by atoms with Crippen molar-refractivity contribution in [3.63, 3.8) is 0 Å². The van der Waals surface area contributed by atoms with Gasteiger partial charge in [0.1, 0.15) is 24.2 Å². The van der Waals surface area contributed by atoms with Crippen LogP contribution in [0.2, 0.25) is 0 Å². The summed E-state index contributed by atoms with van der Waals surface area (Å²) in [7, 11) is 0. The first kappa shape index (κ1) is 16.0. The number of hydrogen-bond acceptors (Lipinski definition) is 3. The molecule has 2 aromatic carbocycles. The molecular formula is C17H18FNO3. The van der Waals surface area contributed by atoms with Gasteiger partial charge in [-0.2, -0.15) is 0 Å². The third kappa shape index (κ3) is 4.56. The van der Waals surface area contributed by atoms with Crippen LogP contribution in [0.5, 0.6) is 5.75 Å². The van der Waals surface area contributed by atoms with Gasteiger partial charge >= 0.3 is 5.97 Å². The quantitative estimate of drug-likeness (QED) is 0.825. The number of rotatable bonds is 7. The van der Waals surface area contributed by atoms with Crippen LogP contribution in [0.15, 0.2) is 48.5 Å². The summed E-state index contributed by atoms with van der Waals surface area (Å²) in [5.74, 6) is -0.576. The SMILES string of the molecule is CC(NCc1cccc(OCc2ccccc2F)c1)C(=O)O. The summed E-state index contributed by atoms with van der Waals surface area (Å²) < 4.78 is 19.1. The van der Waals surface area contributed by atoms with Crippen LogP contribution in [0.25, 0.3) is 0 Å². The zero-order valence-electron chi connectivity index (χ0n) is 12.3. The van der Waals surface area contributed by atoms with Gasteiger partial charge in [-0.3, -0.25) is 4.79 Å². The Bertz CT molecular complexity index is 645. The van der Waals surface area contributed by atoms with Crippen molar-refractivity contribution in [2.45, 2.75) is 26.1 Å². The highest BCUT2D eigenvalue weighted by Crippen LogP contribution is 2.16. The molecule has 0 fully saturated rings. The van der Waals surface area contributed by atoms with Gasteiger partial charge in [-0.15, -0.1) is 0 Å². The van der Waals surface area contributed by atoms with Gasteiger partial charge in [0.15, 0.2) is 0 Å². The first-order valence-electron chi connectivity index (χ1n) is 6.97. The lowest BCUT2D eigenvalue weighted by Gasteiger charge is -2.11. The number of carbonyl (C=O) groups is 1. The van der Waals surface area contributed by atoms with E-state index < -0.39 is 12.0 Å². The molecule has 0 radical (unpaired) electrons. The molecular weight excluding hydrogens is 285 g/mol. The standard InChI is InChI=1S/C17H18FNO3/c1-12(17(20)21)19-10-13-5-4-7-15(9-13)22-11-14-6-2-3-8-16(14)18/h2-9,12,19H,10-11H2,1H3,(H,20,21). The minimum absolute atomic E-state index is 0.148. The molecule has 0 aromatic heterocycles. The third-order valence-corrected chi connectivity index (χ3v) is 3.23. The number of aliphatic carboxylic acids is 1. The van der Waals surface area contributed by atoms with Crippen molar-refractivity contribution in [3.05, 3.63) is 65.5 Å². The van der Waals surface area contributed by atoms with Crippen LogP contribution in [-0.2, 0) is 17.9 Å². The molecule has 2 aromatic rings.